The van der Waals surface area contributed by atoms with E-state index in [0.717, 1.165) is 19.3 Å². The van der Waals surface area contributed by atoms with Crippen molar-refractivity contribution in [2.75, 3.05) is 6.54 Å². The molecule has 12 nitrogen and oxygen atoms in total. The van der Waals surface area contributed by atoms with E-state index in [1.807, 2.05) is 13.0 Å². The molecule has 0 aromatic heterocycles. The smallest absolute Gasteiger partial charge is 0.356 e. The summed E-state index contributed by atoms with van der Waals surface area (Å²) in [5, 5.41) is 26.4. The van der Waals surface area contributed by atoms with E-state index in [4.69, 9.17) is 14.9 Å². The van der Waals surface area contributed by atoms with Crippen LogP contribution in [0.3, 0.4) is 0 Å². The summed E-state index contributed by atoms with van der Waals surface area (Å²) in [5.41, 5.74) is 2.27. The Balaban J connectivity index is 1.76. The lowest BCUT2D eigenvalue weighted by atomic mass is 9.99. The molecule has 47 heavy (non-hydrogen) atoms. The predicted molar refractivity (Wildman–Crippen MR) is 172 cm³/mol. The van der Waals surface area contributed by atoms with Gasteiger partial charge in [-0.05, 0) is 29.7 Å². The molecule has 5 N–H and O–H groups in total. The first-order chi connectivity index (χ1) is 22.5. The van der Waals surface area contributed by atoms with Gasteiger partial charge in [-0.15, -0.1) is 0 Å². The Hall–Kier alpha value is -5.52. The highest BCUT2D eigenvalue weighted by Crippen LogP contribution is 2.17. The SMILES string of the molecule is CCCCCNC(=O)[C@H](Cc1ccc(OC(C(=O)O)C(=O)O)cc1)NC(=O)[C@H](Cc1ccc(C(=O)c2ccccc2)cc1)NC(C)=O. The van der Waals surface area contributed by atoms with Gasteiger partial charge in [0.25, 0.3) is 6.10 Å². The molecule has 0 radical (unpaired) electrons. The van der Waals surface area contributed by atoms with Crippen LogP contribution in [0.1, 0.15) is 60.2 Å². The normalized spacial score (nSPS) is 12.0. The maximum Gasteiger partial charge on any atom is 0.356 e. The number of carbonyl (C=O) groups is 6. The van der Waals surface area contributed by atoms with Crippen LogP contribution in [-0.4, -0.2) is 70.4 Å². The fourth-order valence-electron chi connectivity index (χ4n) is 4.71. The first-order valence-electron chi connectivity index (χ1n) is 15.2. The highest BCUT2D eigenvalue weighted by atomic mass is 16.5. The maximum absolute atomic E-state index is 13.5. The molecule has 0 aliphatic heterocycles. The number of rotatable bonds is 18. The van der Waals surface area contributed by atoms with Gasteiger partial charge in [0, 0.05) is 37.4 Å². The Morgan fingerprint density at radius 2 is 1.21 bits per heavy atom. The second-order valence-electron chi connectivity index (χ2n) is 10.9. The van der Waals surface area contributed by atoms with Crippen LogP contribution in [0.5, 0.6) is 5.75 Å². The topological polar surface area (TPSA) is 188 Å². The highest BCUT2D eigenvalue weighted by molar-refractivity contribution is 6.09. The number of carboxylic acid groups (broad SMARTS) is 2. The van der Waals surface area contributed by atoms with Gasteiger partial charge in [0.2, 0.25) is 17.7 Å². The minimum absolute atomic E-state index is 0.00429. The van der Waals surface area contributed by atoms with Crippen molar-refractivity contribution >= 4 is 35.4 Å². The third-order valence-electron chi connectivity index (χ3n) is 7.16. The van der Waals surface area contributed by atoms with Crippen LogP contribution >= 0.6 is 0 Å². The van der Waals surface area contributed by atoms with Gasteiger partial charge in [0.1, 0.15) is 17.8 Å². The summed E-state index contributed by atoms with van der Waals surface area (Å²) < 4.78 is 5.05. The molecule has 0 bridgehead atoms. The quantitative estimate of drug-likeness (QED) is 0.0787. The van der Waals surface area contributed by atoms with Crippen LogP contribution in [-0.2, 0) is 36.8 Å². The number of hydrogen-bond donors (Lipinski definition) is 5. The van der Waals surface area contributed by atoms with Crippen molar-refractivity contribution in [3.8, 4) is 5.75 Å². The molecule has 3 aromatic rings. The van der Waals surface area contributed by atoms with E-state index < -0.39 is 47.8 Å². The Labute approximate surface area is 272 Å². The number of hydrogen-bond acceptors (Lipinski definition) is 7. The number of unbranched alkanes of at least 4 members (excludes halogenated alkanes) is 2. The number of ketones is 1. The van der Waals surface area contributed by atoms with Gasteiger partial charge in [0.05, 0.1) is 0 Å². The predicted octanol–water partition coefficient (Wildman–Crippen LogP) is 2.92. The van der Waals surface area contributed by atoms with E-state index in [1.54, 1.807) is 48.5 Å². The largest absolute Gasteiger partial charge is 0.478 e. The number of carboxylic acids is 2. The fraction of sp³-hybridized carbons (Fsp3) is 0.314. The summed E-state index contributed by atoms with van der Waals surface area (Å²) in [6, 6.07) is 19.3. The molecule has 3 rings (SSSR count). The van der Waals surface area contributed by atoms with Gasteiger partial charge in [-0.25, -0.2) is 9.59 Å². The number of carbonyl (C=O) groups excluding carboxylic acids is 4. The summed E-state index contributed by atoms with van der Waals surface area (Å²) >= 11 is 0. The number of amides is 3. The Morgan fingerprint density at radius 1 is 0.681 bits per heavy atom. The summed E-state index contributed by atoms with van der Waals surface area (Å²) in [6.45, 7) is 3.72. The molecule has 0 saturated carbocycles. The van der Waals surface area contributed by atoms with Crippen LogP contribution < -0.4 is 20.7 Å². The van der Waals surface area contributed by atoms with Crippen LogP contribution in [0.4, 0.5) is 0 Å². The Morgan fingerprint density at radius 3 is 1.74 bits per heavy atom. The lowest BCUT2D eigenvalue weighted by molar-refractivity contribution is -0.159. The molecule has 0 heterocycles. The average molecular weight is 646 g/mol. The third-order valence-corrected chi connectivity index (χ3v) is 7.16. The Kier molecular flexibility index (Phi) is 13.6. The molecule has 3 amide bonds. The summed E-state index contributed by atoms with van der Waals surface area (Å²) in [6.07, 6.45) is 0.655. The van der Waals surface area contributed by atoms with Crippen molar-refractivity contribution in [2.24, 2.45) is 0 Å². The van der Waals surface area contributed by atoms with Gasteiger partial charge >= 0.3 is 11.9 Å². The molecule has 12 heteroatoms. The fourth-order valence-corrected chi connectivity index (χ4v) is 4.71. The first-order valence-corrected chi connectivity index (χ1v) is 15.2. The summed E-state index contributed by atoms with van der Waals surface area (Å²) in [5.74, 6) is -4.94. The number of aliphatic carboxylic acids is 2. The van der Waals surface area contributed by atoms with Crippen LogP contribution in [0, 0.1) is 0 Å². The van der Waals surface area contributed by atoms with Gasteiger partial charge in [-0.1, -0.05) is 86.5 Å². The molecule has 248 valence electrons. The zero-order valence-corrected chi connectivity index (χ0v) is 26.2. The molecule has 0 saturated heterocycles. The van der Waals surface area contributed by atoms with Crippen molar-refractivity contribution < 1.29 is 43.7 Å². The van der Waals surface area contributed by atoms with E-state index in [1.165, 1.54) is 31.2 Å². The highest BCUT2D eigenvalue weighted by Gasteiger charge is 2.29. The number of ether oxygens (including phenoxy) is 1. The molecular weight excluding hydrogens is 606 g/mol. The van der Waals surface area contributed by atoms with Crippen molar-refractivity contribution in [1.29, 1.82) is 0 Å². The molecule has 0 aliphatic rings. The molecule has 0 aliphatic carbocycles. The lowest BCUT2D eigenvalue weighted by Gasteiger charge is -2.23. The van der Waals surface area contributed by atoms with Crippen molar-refractivity contribution in [3.63, 3.8) is 0 Å². The zero-order valence-electron chi connectivity index (χ0n) is 26.2. The summed E-state index contributed by atoms with van der Waals surface area (Å²) in [7, 11) is 0. The van der Waals surface area contributed by atoms with Gasteiger partial charge in [0.15, 0.2) is 5.78 Å². The molecule has 3 aromatic carbocycles. The second kappa shape index (κ2) is 17.8. The van der Waals surface area contributed by atoms with E-state index in [0.29, 0.717) is 28.8 Å². The van der Waals surface area contributed by atoms with Gasteiger partial charge in [-0.3, -0.25) is 19.2 Å². The minimum Gasteiger partial charge on any atom is -0.478 e. The minimum atomic E-state index is -2.09. The first kappa shape index (κ1) is 36.0. The lowest BCUT2D eigenvalue weighted by Crippen LogP contribution is -2.55. The number of nitrogens with one attached hydrogen (secondary N) is 3. The molecule has 0 spiro atoms. The van der Waals surface area contributed by atoms with Crippen LogP contribution in [0.15, 0.2) is 78.9 Å². The monoisotopic (exact) mass is 645 g/mol. The standard InChI is InChI=1S/C35H39N3O9/c1-3-4-8-19-36-32(41)28(20-24-13-17-27(18-14-24)47-31(34(43)44)35(45)46)38-33(42)29(37-22(2)39)21-23-11-15-26(16-12-23)30(40)25-9-6-5-7-10-25/h5-7,9-18,28-29,31H,3-4,8,19-21H2,1-2H3,(H,36,41)(H,37,39)(H,38,42)(H,43,44)(H,45,46)/t28-,29-/m0/s1. The Bertz CT molecular complexity index is 1530. The van der Waals surface area contributed by atoms with Crippen molar-refractivity contribution in [3.05, 3.63) is 101 Å². The van der Waals surface area contributed by atoms with Gasteiger partial charge in [-0.2, -0.15) is 0 Å². The third kappa shape index (κ3) is 11.4. The maximum atomic E-state index is 13.5. The zero-order chi connectivity index (χ0) is 34.3. The summed E-state index contributed by atoms with van der Waals surface area (Å²) in [4.78, 5) is 73.9. The van der Waals surface area contributed by atoms with E-state index in [9.17, 15) is 28.8 Å². The van der Waals surface area contributed by atoms with Crippen molar-refractivity contribution in [2.45, 2.75) is 64.1 Å². The second-order valence-corrected chi connectivity index (χ2v) is 10.9. The van der Waals surface area contributed by atoms with Gasteiger partial charge < -0.3 is 30.9 Å². The van der Waals surface area contributed by atoms with E-state index in [-0.39, 0.29) is 24.4 Å². The molecule has 0 fully saturated rings. The van der Waals surface area contributed by atoms with E-state index in [2.05, 4.69) is 16.0 Å². The molecular formula is C35H39N3O9. The number of benzene rings is 3. The molecule has 2 atom stereocenters. The van der Waals surface area contributed by atoms with Crippen LogP contribution in [0.25, 0.3) is 0 Å². The molecule has 0 unspecified atom stereocenters. The average Bonchev–Trinajstić information content (AvgIpc) is 3.05. The van der Waals surface area contributed by atoms with Crippen LogP contribution in [0.2, 0.25) is 0 Å². The van der Waals surface area contributed by atoms with Crippen molar-refractivity contribution in [1.82, 2.24) is 16.0 Å². The van der Waals surface area contributed by atoms with E-state index >= 15 is 0 Å².